The van der Waals surface area contributed by atoms with Crippen LogP contribution in [0.3, 0.4) is 0 Å². The van der Waals surface area contributed by atoms with Crippen LogP contribution < -0.4 is 10.2 Å². The lowest BCUT2D eigenvalue weighted by molar-refractivity contribution is -0.119. The van der Waals surface area contributed by atoms with Crippen molar-refractivity contribution in [3.05, 3.63) is 36.4 Å². The van der Waals surface area contributed by atoms with E-state index in [1.807, 2.05) is 0 Å². The van der Waals surface area contributed by atoms with E-state index in [2.05, 4.69) is 10.3 Å². The molecule has 11 nitrogen and oxygen atoms in total. The number of ether oxygens (including phenoxy) is 2. The van der Waals surface area contributed by atoms with E-state index in [1.54, 1.807) is 29.3 Å². The molecule has 3 N–H and O–H groups in total. The molecule has 0 spiro atoms. The zero-order chi connectivity index (χ0) is 24.0. The van der Waals surface area contributed by atoms with Crippen molar-refractivity contribution in [1.29, 1.82) is 0 Å². The summed E-state index contributed by atoms with van der Waals surface area (Å²) in [5, 5.41) is 13.4. The van der Waals surface area contributed by atoms with E-state index in [0.717, 1.165) is 0 Å². The van der Waals surface area contributed by atoms with E-state index < -0.39 is 28.0 Å². The highest BCUT2D eigenvalue weighted by Crippen LogP contribution is 2.23. The number of alkyl halides is 1. The third kappa shape index (κ3) is 7.48. The van der Waals surface area contributed by atoms with Crippen LogP contribution >= 0.6 is 23.8 Å². The molecule has 0 aliphatic carbocycles. The lowest BCUT2D eigenvalue weighted by atomic mass is 10.2. The number of aromatic nitrogens is 1. The van der Waals surface area contributed by atoms with Crippen LogP contribution in [0.25, 0.3) is 0 Å². The van der Waals surface area contributed by atoms with Gasteiger partial charge in [-0.25, -0.2) is 9.88 Å². The number of carbonyl (C=O) groups excluding carboxylic acids is 1. The normalized spacial score (nSPS) is 23.2. The summed E-state index contributed by atoms with van der Waals surface area (Å²) < 4.78 is 41.3. The number of carbonyl (C=O) groups is 1. The van der Waals surface area contributed by atoms with Crippen molar-refractivity contribution in [2.24, 2.45) is 0 Å². The molecule has 0 bridgehead atoms. The number of amides is 1. The van der Waals surface area contributed by atoms with Gasteiger partial charge < -0.3 is 24.8 Å². The molecule has 0 saturated carbocycles. The van der Waals surface area contributed by atoms with Gasteiger partial charge in [-0.05, 0) is 37.2 Å². The molecule has 3 atom stereocenters. The third-order valence-corrected chi connectivity index (χ3v) is 6.21. The number of hydrogen-bond acceptors (Lipinski definition) is 9. The largest absolute Gasteiger partial charge is 0.458 e. The van der Waals surface area contributed by atoms with E-state index in [4.69, 9.17) is 37.8 Å². The Morgan fingerprint density at radius 2 is 2.21 bits per heavy atom. The Balaban J connectivity index is 1.46. The Morgan fingerprint density at radius 1 is 1.42 bits per heavy atom. The summed E-state index contributed by atoms with van der Waals surface area (Å²) in [5.74, 6) is 0.160. The average molecular weight is 521 g/mol. The van der Waals surface area contributed by atoms with Gasteiger partial charge >= 0.3 is 0 Å². The summed E-state index contributed by atoms with van der Waals surface area (Å²) in [6.07, 6.45) is 2.62. The van der Waals surface area contributed by atoms with Crippen LogP contribution in [-0.2, 0) is 24.4 Å². The number of nitrogens with one attached hydrogen (secondary N) is 1. The molecule has 2 saturated heterocycles. The van der Waals surface area contributed by atoms with Crippen LogP contribution in [-0.4, -0.2) is 82.3 Å². The number of anilines is 1. The molecule has 3 rings (SSSR count). The van der Waals surface area contributed by atoms with Gasteiger partial charge in [0.25, 0.3) is 16.0 Å². The first-order valence-electron chi connectivity index (χ1n) is 10.2. The van der Waals surface area contributed by atoms with E-state index >= 15 is 0 Å². The van der Waals surface area contributed by atoms with Crippen LogP contribution in [0.5, 0.6) is 0 Å². The fourth-order valence-corrected chi connectivity index (χ4v) is 4.50. The molecule has 1 aromatic rings. The monoisotopic (exact) mass is 520 g/mol. The Bertz CT molecular complexity index is 980. The predicted octanol–water partition coefficient (Wildman–Crippen LogP) is 0.803. The maximum Gasteiger partial charge on any atom is 0.264 e. The number of pyridine rings is 1. The predicted molar refractivity (Wildman–Crippen MR) is 124 cm³/mol. The highest BCUT2D eigenvalue weighted by molar-refractivity contribution is 7.85. The van der Waals surface area contributed by atoms with E-state index in [0.29, 0.717) is 31.2 Å². The van der Waals surface area contributed by atoms with Gasteiger partial charge in [0.05, 0.1) is 18.9 Å². The fourth-order valence-electron chi connectivity index (χ4n) is 3.35. The van der Waals surface area contributed by atoms with Gasteiger partial charge in [0, 0.05) is 25.2 Å². The highest BCUT2D eigenvalue weighted by Gasteiger charge is 2.37. The maximum absolute atomic E-state index is 12.6. The molecule has 2 fully saturated rings. The number of aliphatic hydroxyl groups excluding tert-OH is 1. The van der Waals surface area contributed by atoms with E-state index in [1.165, 1.54) is 11.0 Å². The molecular formula is C19H25ClN4O7S2. The molecule has 33 heavy (non-hydrogen) atoms. The van der Waals surface area contributed by atoms with Gasteiger partial charge in [-0.1, -0.05) is 17.7 Å². The number of nitrogens with zero attached hydrogens (tertiary/aromatic N) is 3. The smallest absolute Gasteiger partial charge is 0.264 e. The molecule has 3 heterocycles. The summed E-state index contributed by atoms with van der Waals surface area (Å²) in [7, 11) is -4.00. The summed E-state index contributed by atoms with van der Waals surface area (Å²) in [6, 6.07) is 4.57. The lowest BCUT2D eigenvalue weighted by Gasteiger charge is -2.18. The second kappa shape index (κ2) is 11.4. The topological polar surface area (TPSA) is 142 Å². The SMILES string of the molecule is O=C1C(CCOC(O)C=C2OC(Cl)CN2CCCCS(=O)(=O)O)NC(=S)N1c1ccccn1. The molecule has 0 aromatic carbocycles. The maximum atomic E-state index is 12.6. The molecule has 1 aromatic heterocycles. The first kappa shape index (κ1) is 25.6. The number of aliphatic hydroxyl groups is 1. The quantitative estimate of drug-likeness (QED) is 0.125. The summed E-state index contributed by atoms with van der Waals surface area (Å²) in [4.78, 5) is 19.9. The zero-order valence-corrected chi connectivity index (χ0v) is 19.9. The minimum absolute atomic E-state index is 0.0612. The summed E-state index contributed by atoms with van der Waals surface area (Å²) >= 11 is 11.3. The molecule has 2 aliphatic heterocycles. The third-order valence-electron chi connectivity index (χ3n) is 4.88. The number of hydrogen-bond donors (Lipinski definition) is 3. The summed E-state index contributed by atoms with van der Waals surface area (Å²) in [6.45, 7) is 0.845. The molecule has 182 valence electrons. The molecular weight excluding hydrogens is 496 g/mol. The first-order chi connectivity index (χ1) is 15.6. The standard InChI is InChI=1S/C19H25ClN4O7S2/c20-14-12-23(8-3-4-10-33(27,28)29)16(31-14)11-17(25)30-9-6-13-18(26)24(19(32)22-13)15-5-1-2-7-21-15/h1-2,5,7,11,13-14,17,25H,3-4,6,8-10,12H2,(H,22,32)(H,27,28,29). The van der Waals surface area contributed by atoms with Crippen LogP contribution in [0.1, 0.15) is 19.3 Å². The fraction of sp³-hybridized carbons (Fsp3) is 0.526. The number of rotatable bonds is 11. The second-order valence-electron chi connectivity index (χ2n) is 7.39. The summed E-state index contributed by atoms with van der Waals surface area (Å²) in [5.41, 5.74) is -0.621. The van der Waals surface area contributed by atoms with E-state index in [9.17, 15) is 18.3 Å². The number of halogens is 1. The molecule has 1 amide bonds. The van der Waals surface area contributed by atoms with Crippen molar-refractivity contribution < 1.29 is 32.3 Å². The Kier molecular flexibility index (Phi) is 8.84. The molecule has 2 aliphatic rings. The van der Waals surface area contributed by atoms with Crippen molar-refractivity contribution in [2.75, 3.05) is 30.3 Å². The van der Waals surface area contributed by atoms with Crippen molar-refractivity contribution in [3.8, 4) is 0 Å². The van der Waals surface area contributed by atoms with Gasteiger partial charge in [0.15, 0.2) is 22.8 Å². The minimum atomic E-state index is -4.00. The van der Waals surface area contributed by atoms with E-state index in [-0.39, 0.29) is 36.2 Å². The van der Waals surface area contributed by atoms with Gasteiger partial charge in [-0.3, -0.25) is 9.35 Å². The average Bonchev–Trinajstić information content (AvgIpc) is 3.23. The van der Waals surface area contributed by atoms with Gasteiger partial charge in [-0.2, -0.15) is 8.42 Å². The van der Waals surface area contributed by atoms with Crippen LogP contribution in [0.4, 0.5) is 5.82 Å². The number of thiocarbonyl (C=S) groups is 1. The van der Waals surface area contributed by atoms with Crippen molar-refractivity contribution in [1.82, 2.24) is 15.2 Å². The Labute approximate surface area is 202 Å². The molecule has 14 heteroatoms. The van der Waals surface area contributed by atoms with Crippen LogP contribution in [0.15, 0.2) is 36.4 Å². The van der Waals surface area contributed by atoms with Crippen molar-refractivity contribution in [2.45, 2.75) is 37.2 Å². The molecule has 0 radical (unpaired) electrons. The second-order valence-corrected chi connectivity index (χ2v) is 9.83. The zero-order valence-electron chi connectivity index (χ0n) is 17.5. The van der Waals surface area contributed by atoms with Crippen molar-refractivity contribution in [3.63, 3.8) is 0 Å². The minimum Gasteiger partial charge on any atom is -0.458 e. The van der Waals surface area contributed by atoms with Crippen molar-refractivity contribution >= 4 is 50.8 Å². The molecule has 3 unspecified atom stereocenters. The van der Waals surface area contributed by atoms with Gasteiger partial charge in [-0.15, -0.1) is 0 Å². The number of unbranched alkanes of at least 4 members (excludes halogenated alkanes) is 1. The first-order valence-corrected chi connectivity index (χ1v) is 12.7. The Morgan fingerprint density at radius 3 is 2.91 bits per heavy atom. The van der Waals surface area contributed by atoms with Gasteiger partial charge in [0.1, 0.15) is 11.9 Å². The van der Waals surface area contributed by atoms with Crippen LogP contribution in [0, 0.1) is 0 Å². The van der Waals surface area contributed by atoms with Gasteiger partial charge in [0.2, 0.25) is 0 Å². The Hall–Kier alpha value is -2.03. The van der Waals surface area contributed by atoms with Crippen LogP contribution in [0.2, 0.25) is 0 Å². The highest BCUT2D eigenvalue weighted by atomic mass is 35.5. The lowest BCUT2D eigenvalue weighted by Crippen LogP contribution is -2.32.